The summed E-state index contributed by atoms with van der Waals surface area (Å²) in [7, 11) is 1.86. The Morgan fingerprint density at radius 1 is 1.38 bits per heavy atom. The average Bonchev–Trinajstić information content (AvgIpc) is 2.74. The van der Waals surface area contributed by atoms with Crippen LogP contribution in [0.4, 0.5) is 4.39 Å². The van der Waals surface area contributed by atoms with Gasteiger partial charge in [0, 0.05) is 17.4 Å². The van der Waals surface area contributed by atoms with Gasteiger partial charge in [0.25, 0.3) is 0 Å². The average molecular weight is 315 g/mol. The summed E-state index contributed by atoms with van der Waals surface area (Å²) in [4.78, 5) is 11.6. The highest BCUT2D eigenvalue weighted by Crippen LogP contribution is 2.25. The molecular formula is C15H20ClFN2O2. The van der Waals surface area contributed by atoms with Crippen molar-refractivity contribution in [2.75, 3.05) is 13.6 Å². The predicted molar refractivity (Wildman–Crippen MR) is 83.2 cm³/mol. The Kier molecular flexibility index (Phi) is 6.65. The van der Waals surface area contributed by atoms with Crippen LogP contribution in [-0.2, 0) is 11.3 Å². The second-order valence-electron chi connectivity index (χ2n) is 4.77. The van der Waals surface area contributed by atoms with E-state index in [1.807, 2.05) is 14.0 Å². The normalized spacial score (nSPS) is 10.4. The Bertz CT molecular complexity index is 613. The van der Waals surface area contributed by atoms with E-state index >= 15 is 0 Å². The molecule has 1 aromatic carbocycles. The highest BCUT2D eigenvalue weighted by Gasteiger charge is 2.12. The van der Waals surface area contributed by atoms with Crippen molar-refractivity contribution in [3.05, 3.63) is 35.3 Å². The molecule has 0 spiro atoms. The number of carbonyl (C=O) groups is 1. The fraction of sp³-hybridized carbons (Fsp3) is 0.400. The van der Waals surface area contributed by atoms with Crippen molar-refractivity contribution in [1.29, 1.82) is 0 Å². The predicted octanol–water partition coefficient (Wildman–Crippen LogP) is 2.92. The van der Waals surface area contributed by atoms with Crippen molar-refractivity contribution in [1.82, 2.24) is 10.6 Å². The molecule has 2 N–H and O–H groups in total. The minimum Gasteiger partial charge on any atom is -0.459 e. The molecule has 0 aliphatic rings. The molecule has 2 aromatic rings. The summed E-state index contributed by atoms with van der Waals surface area (Å²) >= 11 is 0. The number of furan rings is 1. The fourth-order valence-corrected chi connectivity index (χ4v) is 2.11. The maximum atomic E-state index is 13.2. The molecule has 21 heavy (non-hydrogen) atoms. The van der Waals surface area contributed by atoms with Crippen LogP contribution in [0.15, 0.2) is 22.6 Å². The minimum atomic E-state index is -0.288. The Balaban J connectivity index is 0.00000220. The molecule has 0 saturated heterocycles. The van der Waals surface area contributed by atoms with Gasteiger partial charge in [0.1, 0.15) is 17.2 Å². The number of aryl methyl sites for hydroxylation is 1. The molecule has 1 aromatic heterocycles. The van der Waals surface area contributed by atoms with Gasteiger partial charge in [0.05, 0.1) is 6.54 Å². The van der Waals surface area contributed by atoms with Crippen molar-refractivity contribution >= 4 is 29.3 Å². The van der Waals surface area contributed by atoms with E-state index in [9.17, 15) is 9.18 Å². The lowest BCUT2D eigenvalue weighted by molar-refractivity contribution is -0.121. The van der Waals surface area contributed by atoms with Gasteiger partial charge < -0.3 is 15.1 Å². The van der Waals surface area contributed by atoms with Gasteiger partial charge in [0.2, 0.25) is 5.91 Å². The zero-order chi connectivity index (χ0) is 14.5. The van der Waals surface area contributed by atoms with E-state index in [2.05, 4.69) is 10.6 Å². The number of benzene rings is 1. The molecule has 0 aliphatic carbocycles. The van der Waals surface area contributed by atoms with Gasteiger partial charge in [-0.15, -0.1) is 12.4 Å². The van der Waals surface area contributed by atoms with Gasteiger partial charge in [-0.2, -0.15) is 0 Å². The third-order valence-electron chi connectivity index (χ3n) is 3.27. The molecule has 6 heteroatoms. The molecular weight excluding hydrogens is 295 g/mol. The van der Waals surface area contributed by atoms with Gasteiger partial charge in [-0.05, 0) is 45.1 Å². The smallest absolute Gasteiger partial charge is 0.220 e. The number of nitrogens with one attached hydrogen (secondary N) is 2. The van der Waals surface area contributed by atoms with Crippen LogP contribution in [0.5, 0.6) is 0 Å². The van der Waals surface area contributed by atoms with Crippen LogP contribution in [0, 0.1) is 12.7 Å². The molecule has 0 bridgehead atoms. The monoisotopic (exact) mass is 314 g/mol. The summed E-state index contributed by atoms with van der Waals surface area (Å²) < 4.78 is 18.8. The second-order valence-corrected chi connectivity index (χ2v) is 4.77. The number of halogens is 2. The Labute approximate surface area is 129 Å². The minimum absolute atomic E-state index is 0. The number of fused-ring (bicyclic) bond motifs is 1. The molecule has 0 saturated carbocycles. The van der Waals surface area contributed by atoms with E-state index in [4.69, 9.17) is 4.42 Å². The Hall–Kier alpha value is -1.59. The van der Waals surface area contributed by atoms with Gasteiger partial charge in [0.15, 0.2) is 0 Å². The van der Waals surface area contributed by atoms with Crippen LogP contribution in [0.2, 0.25) is 0 Å². The Morgan fingerprint density at radius 2 is 2.14 bits per heavy atom. The molecule has 116 valence electrons. The zero-order valence-corrected chi connectivity index (χ0v) is 13.0. The number of carbonyl (C=O) groups excluding carboxylic acids is 1. The molecule has 0 atom stereocenters. The SMILES string of the molecule is CNCCCC(=O)NCc1oc2ccc(F)cc2c1C.Cl. The number of rotatable bonds is 6. The topological polar surface area (TPSA) is 54.3 Å². The van der Waals surface area contributed by atoms with Crippen LogP contribution in [0.1, 0.15) is 24.2 Å². The summed E-state index contributed by atoms with van der Waals surface area (Å²) in [6.45, 7) is 3.02. The van der Waals surface area contributed by atoms with E-state index in [1.54, 1.807) is 6.07 Å². The third-order valence-corrected chi connectivity index (χ3v) is 3.27. The first-order valence-electron chi connectivity index (χ1n) is 6.70. The summed E-state index contributed by atoms with van der Waals surface area (Å²) in [6.07, 6.45) is 1.28. The Morgan fingerprint density at radius 3 is 2.86 bits per heavy atom. The lowest BCUT2D eigenvalue weighted by Crippen LogP contribution is -2.23. The van der Waals surface area contributed by atoms with Crippen LogP contribution in [-0.4, -0.2) is 19.5 Å². The van der Waals surface area contributed by atoms with Gasteiger partial charge in [-0.25, -0.2) is 4.39 Å². The van der Waals surface area contributed by atoms with Gasteiger partial charge in [-0.1, -0.05) is 0 Å². The summed E-state index contributed by atoms with van der Waals surface area (Å²) in [6, 6.07) is 4.42. The molecule has 1 heterocycles. The highest BCUT2D eigenvalue weighted by molar-refractivity contribution is 5.85. The molecule has 2 rings (SSSR count). The van der Waals surface area contributed by atoms with E-state index < -0.39 is 0 Å². The van der Waals surface area contributed by atoms with Crippen molar-refractivity contribution in [2.45, 2.75) is 26.3 Å². The quantitative estimate of drug-likeness (QED) is 0.806. The highest BCUT2D eigenvalue weighted by atomic mass is 35.5. The number of hydrogen-bond donors (Lipinski definition) is 2. The lowest BCUT2D eigenvalue weighted by atomic mass is 10.1. The lowest BCUT2D eigenvalue weighted by Gasteiger charge is -2.03. The summed E-state index contributed by atoms with van der Waals surface area (Å²) in [5.41, 5.74) is 1.51. The van der Waals surface area contributed by atoms with E-state index in [0.29, 0.717) is 24.3 Å². The maximum Gasteiger partial charge on any atom is 0.220 e. The largest absolute Gasteiger partial charge is 0.459 e. The van der Waals surface area contributed by atoms with E-state index in [0.717, 1.165) is 23.9 Å². The van der Waals surface area contributed by atoms with Crippen LogP contribution >= 0.6 is 12.4 Å². The molecule has 1 amide bonds. The maximum absolute atomic E-state index is 13.2. The molecule has 0 fully saturated rings. The molecule has 0 radical (unpaired) electrons. The van der Waals surface area contributed by atoms with Crippen LogP contribution in [0.3, 0.4) is 0 Å². The third kappa shape index (κ3) is 4.44. The van der Waals surface area contributed by atoms with Crippen LogP contribution < -0.4 is 10.6 Å². The van der Waals surface area contributed by atoms with Gasteiger partial charge >= 0.3 is 0 Å². The summed E-state index contributed by atoms with van der Waals surface area (Å²) in [5, 5.41) is 6.57. The molecule has 0 aliphatic heterocycles. The molecule has 4 nitrogen and oxygen atoms in total. The fourth-order valence-electron chi connectivity index (χ4n) is 2.11. The zero-order valence-electron chi connectivity index (χ0n) is 12.2. The molecule has 0 unspecified atom stereocenters. The first kappa shape index (κ1) is 17.5. The van der Waals surface area contributed by atoms with Gasteiger partial charge in [-0.3, -0.25) is 4.79 Å². The van der Waals surface area contributed by atoms with Crippen molar-refractivity contribution in [3.63, 3.8) is 0 Å². The van der Waals surface area contributed by atoms with Crippen molar-refractivity contribution < 1.29 is 13.6 Å². The number of amides is 1. The van der Waals surface area contributed by atoms with E-state index in [-0.39, 0.29) is 24.1 Å². The van der Waals surface area contributed by atoms with Crippen molar-refractivity contribution in [3.8, 4) is 0 Å². The second kappa shape index (κ2) is 8.00. The number of hydrogen-bond acceptors (Lipinski definition) is 3. The standard InChI is InChI=1S/C15H19FN2O2.ClH/c1-10-12-8-11(16)5-6-13(12)20-14(10)9-18-15(19)4-3-7-17-2;/h5-6,8,17H,3-4,7,9H2,1-2H3,(H,18,19);1H. The van der Waals surface area contributed by atoms with Crippen LogP contribution in [0.25, 0.3) is 11.0 Å². The van der Waals surface area contributed by atoms with Crippen molar-refractivity contribution in [2.24, 2.45) is 0 Å². The first-order valence-corrected chi connectivity index (χ1v) is 6.70. The summed E-state index contributed by atoms with van der Waals surface area (Å²) in [5.74, 6) is 0.378. The first-order chi connectivity index (χ1) is 9.61. The van der Waals surface area contributed by atoms with E-state index in [1.165, 1.54) is 12.1 Å².